The van der Waals surface area contributed by atoms with Crippen LogP contribution in [0.1, 0.15) is 41.6 Å². The van der Waals surface area contributed by atoms with Crippen LogP contribution in [0, 0.1) is 0 Å². The average Bonchev–Trinajstić information content (AvgIpc) is 2.74. The van der Waals surface area contributed by atoms with Crippen molar-refractivity contribution in [3.05, 3.63) is 59.7 Å². The van der Waals surface area contributed by atoms with Gasteiger partial charge >= 0.3 is 11.9 Å². The molecule has 0 aliphatic heterocycles. The number of carbonyl (C=O) groups excluding carboxylic acids is 1. The van der Waals surface area contributed by atoms with Crippen LogP contribution in [0.25, 0.3) is 0 Å². The largest absolute Gasteiger partial charge is 0.508 e. The zero-order valence-electron chi connectivity index (χ0n) is 17.2. The molecule has 0 saturated carbocycles. The van der Waals surface area contributed by atoms with Crippen LogP contribution in [-0.2, 0) is 16.0 Å². The van der Waals surface area contributed by atoms with Crippen LogP contribution in [-0.4, -0.2) is 45.8 Å². The molecule has 0 saturated heterocycles. The predicted molar refractivity (Wildman–Crippen MR) is 117 cm³/mol. The van der Waals surface area contributed by atoms with Crippen molar-refractivity contribution in [2.45, 2.75) is 38.1 Å². The number of nitrogens with one attached hydrogen (secondary N) is 1. The van der Waals surface area contributed by atoms with E-state index in [1.807, 2.05) is 0 Å². The van der Waals surface area contributed by atoms with Crippen molar-refractivity contribution in [2.75, 3.05) is 11.9 Å². The first-order chi connectivity index (χ1) is 14.7. The molecule has 0 heterocycles. The second-order valence-electron chi connectivity index (χ2n) is 6.79. The molecule has 0 aliphatic carbocycles. The van der Waals surface area contributed by atoms with Crippen LogP contribution in [0.5, 0.6) is 5.75 Å². The second-order valence-corrected chi connectivity index (χ2v) is 6.79. The summed E-state index contributed by atoms with van der Waals surface area (Å²) in [6.07, 6.45) is 2.91. The smallest absolute Gasteiger partial charge is 0.337 e. The van der Waals surface area contributed by atoms with Crippen molar-refractivity contribution >= 4 is 23.5 Å². The number of benzene rings is 2. The van der Waals surface area contributed by atoms with Crippen LogP contribution in [0.2, 0.25) is 0 Å². The summed E-state index contributed by atoms with van der Waals surface area (Å²) < 4.78 is 0. The van der Waals surface area contributed by atoms with E-state index in [-0.39, 0.29) is 23.6 Å². The topological polar surface area (TPSA) is 176 Å². The number of aliphatic carboxylic acids is 1. The number of carboxylic acid groups (broad SMARTS) is 2. The third kappa shape index (κ3) is 10.2. The summed E-state index contributed by atoms with van der Waals surface area (Å²) in [5, 5.41) is 29.1. The number of para-hydroxylation sites is 1. The fraction of sp³-hybridized carbons (Fsp3) is 0.318. The lowest BCUT2D eigenvalue weighted by Crippen LogP contribution is -2.29. The number of carboxylic acids is 2. The number of nitrogens with two attached hydrogens (primary N) is 2. The molecule has 2 rings (SSSR count). The summed E-state index contributed by atoms with van der Waals surface area (Å²) in [6.45, 7) is 0.604. The fourth-order valence-electron chi connectivity index (χ4n) is 2.54. The van der Waals surface area contributed by atoms with Crippen molar-refractivity contribution < 1.29 is 29.7 Å². The molecule has 2 aromatic rings. The highest BCUT2D eigenvalue weighted by Crippen LogP contribution is 2.16. The van der Waals surface area contributed by atoms with Gasteiger partial charge in [0, 0.05) is 6.42 Å². The van der Waals surface area contributed by atoms with Crippen LogP contribution in [0.4, 0.5) is 5.69 Å². The standard InChI is InChI=1S/C16H15NO4.C6H14N2O2/c18-12-8-5-11(6-9-12)7-10-15(19)17-14-4-2-1-3-13(14)16(20)21;7-4-2-1-3-5(8)6(9)10/h1-6,8-9,18H,7,10H2,(H,17,19)(H,20,21);5H,1-4,7-8H2,(H,9,10)/t;5-/m.0/s1. The molecule has 0 unspecified atom stereocenters. The summed E-state index contributed by atoms with van der Waals surface area (Å²) in [7, 11) is 0. The number of aromatic carboxylic acids is 1. The van der Waals surface area contributed by atoms with Gasteiger partial charge in [0.1, 0.15) is 11.8 Å². The normalized spacial score (nSPS) is 11.0. The highest BCUT2D eigenvalue weighted by Gasteiger charge is 2.11. The molecule has 1 atom stereocenters. The maximum atomic E-state index is 11.9. The minimum atomic E-state index is -1.08. The van der Waals surface area contributed by atoms with Crippen molar-refractivity contribution in [3.8, 4) is 5.75 Å². The molecule has 168 valence electrons. The third-order valence-corrected chi connectivity index (χ3v) is 4.30. The Hall–Kier alpha value is -3.43. The Kier molecular flexibility index (Phi) is 11.3. The van der Waals surface area contributed by atoms with E-state index in [1.54, 1.807) is 42.5 Å². The van der Waals surface area contributed by atoms with Gasteiger partial charge in [-0.3, -0.25) is 9.59 Å². The van der Waals surface area contributed by atoms with Crippen LogP contribution in [0.15, 0.2) is 48.5 Å². The van der Waals surface area contributed by atoms with E-state index in [2.05, 4.69) is 5.32 Å². The fourth-order valence-corrected chi connectivity index (χ4v) is 2.54. The molecule has 9 nitrogen and oxygen atoms in total. The van der Waals surface area contributed by atoms with Gasteiger partial charge in [-0.2, -0.15) is 0 Å². The lowest BCUT2D eigenvalue weighted by molar-refractivity contribution is -0.138. The van der Waals surface area contributed by atoms with Gasteiger partial charge in [0.25, 0.3) is 0 Å². The quantitative estimate of drug-likeness (QED) is 0.310. The van der Waals surface area contributed by atoms with Crippen molar-refractivity contribution in [2.24, 2.45) is 11.5 Å². The van der Waals surface area contributed by atoms with Crippen LogP contribution >= 0.6 is 0 Å². The Bertz CT molecular complexity index is 855. The van der Waals surface area contributed by atoms with E-state index in [0.29, 0.717) is 25.1 Å². The number of hydrogen-bond donors (Lipinski definition) is 6. The lowest BCUT2D eigenvalue weighted by Gasteiger charge is -2.08. The number of carbonyl (C=O) groups is 3. The molecule has 1 amide bonds. The van der Waals surface area contributed by atoms with E-state index in [4.69, 9.17) is 21.7 Å². The number of anilines is 1. The molecule has 2 aromatic carbocycles. The maximum Gasteiger partial charge on any atom is 0.337 e. The molecular formula is C22H29N3O6. The monoisotopic (exact) mass is 431 g/mol. The summed E-state index contributed by atoms with van der Waals surface area (Å²) in [5.41, 5.74) is 11.7. The van der Waals surface area contributed by atoms with Crippen molar-refractivity contribution in [3.63, 3.8) is 0 Å². The predicted octanol–water partition coefficient (Wildman–Crippen LogP) is 2.19. The van der Waals surface area contributed by atoms with E-state index >= 15 is 0 Å². The van der Waals surface area contributed by atoms with E-state index < -0.39 is 18.0 Å². The minimum Gasteiger partial charge on any atom is -0.508 e. The minimum absolute atomic E-state index is 0.0653. The maximum absolute atomic E-state index is 11.9. The zero-order chi connectivity index (χ0) is 23.2. The van der Waals surface area contributed by atoms with Gasteiger partial charge in [0.05, 0.1) is 11.3 Å². The number of phenols is 1. The van der Waals surface area contributed by atoms with Gasteiger partial charge in [0.15, 0.2) is 0 Å². The lowest BCUT2D eigenvalue weighted by atomic mass is 10.1. The van der Waals surface area contributed by atoms with Gasteiger partial charge in [-0.25, -0.2) is 4.79 Å². The first kappa shape index (κ1) is 25.6. The van der Waals surface area contributed by atoms with Crippen LogP contribution < -0.4 is 16.8 Å². The third-order valence-electron chi connectivity index (χ3n) is 4.30. The highest BCUT2D eigenvalue weighted by molar-refractivity contribution is 6.00. The molecule has 0 aromatic heterocycles. The van der Waals surface area contributed by atoms with E-state index in [1.165, 1.54) is 6.07 Å². The Labute approximate surface area is 180 Å². The first-order valence-electron chi connectivity index (χ1n) is 9.83. The highest BCUT2D eigenvalue weighted by atomic mass is 16.4. The van der Waals surface area contributed by atoms with Gasteiger partial charge < -0.3 is 32.1 Å². The molecule has 0 fully saturated rings. The van der Waals surface area contributed by atoms with Crippen LogP contribution in [0.3, 0.4) is 0 Å². The van der Waals surface area contributed by atoms with Gasteiger partial charge in [-0.1, -0.05) is 30.7 Å². The van der Waals surface area contributed by atoms with Gasteiger partial charge in [-0.05, 0) is 55.6 Å². The molecule has 0 spiro atoms. The summed E-state index contributed by atoms with van der Waals surface area (Å²) >= 11 is 0. The number of aryl methyl sites for hydroxylation is 1. The molecule has 9 heteroatoms. The van der Waals surface area contributed by atoms with Crippen molar-refractivity contribution in [1.82, 2.24) is 0 Å². The van der Waals surface area contributed by atoms with Gasteiger partial charge in [-0.15, -0.1) is 0 Å². The Morgan fingerprint density at radius 2 is 1.61 bits per heavy atom. The molecular weight excluding hydrogens is 402 g/mol. The molecule has 0 aliphatic rings. The number of phenolic OH excluding ortho intramolecular Hbond substituents is 1. The van der Waals surface area contributed by atoms with Gasteiger partial charge in [0.2, 0.25) is 5.91 Å². The summed E-state index contributed by atoms with van der Waals surface area (Å²) in [4.78, 5) is 33.1. The Balaban J connectivity index is 0.000000407. The summed E-state index contributed by atoms with van der Waals surface area (Å²) in [5.74, 6) is -2.09. The Morgan fingerprint density at radius 3 is 2.19 bits per heavy atom. The molecule has 31 heavy (non-hydrogen) atoms. The van der Waals surface area contributed by atoms with E-state index in [0.717, 1.165) is 18.4 Å². The number of aromatic hydroxyl groups is 1. The second kappa shape index (κ2) is 13.7. The number of rotatable bonds is 10. The average molecular weight is 431 g/mol. The Morgan fingerprint density at radius 1 is 0.968 bits per heavy atom. The number of hydrogen-bond acceptors (Lipinski definition) is 6. The van der Waals surface area contributed by atoms with E-state index in [9.17, 15) is 19.5 Å². The number of amides is 1. The molecule has 0 radical (unpaired) electrons. The zero-order valence-corrected chi connectivity index (χ0v) is 17.2. The summed E-state index contributed by atoms with van der Waals surface area (Å²) in [6, 6.07) is 12.2. The van der Waals surface area contributed by atoms with Crippen molar-refractivity contribution in [1.29, 1.82) is 0 Å². The number of unbranched alkanes of at least 4 members (excludes halogenated alkanes) is 1. The SMILES string of the molecule is NCCCC[C@H](N)C(=O)O.O=C(CCc1ccc(O)cc1)Nc1ccccc1C(=O)O. The molecule has 8 N–H and O–H groups in total. The first-order valence-corrected chi connectivity index (χ1v) is 9.83. The molecule has 0 bridgehead atoms.